The van der Waals surface area contributed by atoms with Crippen LogP contribution in [-0.4, -0.2) is 51.7 Å². The van der Waals surface area contributed by atoms with Crippen LogP contribution in [0.2, 0.25) is 0 Å². The first-order valence-electron chi connectivity index (χ1n) is 8.41. The van der Waals surface area contributed by atoms with Gasteiger partial charge in [-0.3, -0.25) is 9.79 Å². The zero-order chi connectivity index (χ0) is 21.6. The monoisotopic (exact) mass is 411 g/mol. The van der Waals surface area contributed by atoms with Crippen molar-refractivity contribution < 1.29 is 22.7 Å². The van der Waals surface area contributed by atoms with E-state index in [-0.39, 0.29) is 23.3 Å². The van der Waals surface area contributed by atoms with Crippen molar-refractivity contribution in [3.05, 3.63) is 36.0 Å². The fourth-order valence-corrected chi connectivity index (χ4v) is 2.20. The highest BCUT2D eigenvalue weighted by atomic mass is 19.4. The molecule has 2 aromatic rings. The number of pyridine rings is 1. The van der Waals surface area contributed by atoms with Crippen LogP contribution in [0.4, 0.5) is 19.0 Å². The quantitative estimate of drug-likeness (QED) is 0.410. The lowest BCUT2D eigenvalue weighted by Crippen LogP contribution is -2.22. The summed E-state index contributed by atoms with van der Waals surface area (Å²) in [6.07, 6.45) is -2.24. The Hall–Kier alpha value is -3.44. The van der Waals surface area contributed by atoms with E-state index in [1.165, 1.54) is 13.2 Å². The van der Waals surface area contributed by atoms with Crippen LogP contribution in [0, 0.1) is 0 Å². The molecule has 2 aromatic heterocycles. The molecule has 0 saturated carbocycles. The molecule has 0 fully saturated rings. The molecule has 156 valence electrons. The fraction of sp³-hybridized carbons (Fsp3) is 0.353. The normalized spacial score (nSPS) is 12.9. The number of carbonyl (C=O) groups excluding carboxylic acids is 1. The molecule has 1 amide bonds. The van der Waals surface area contributed by atoms with E-state index in [1.54, 1.807) is 23.0 Å². The minimum absolute atomic E-state index is 0.0842. The van der Waals surface area contributed by atoms with Gasteiger partial charge in [0.15, 0.2) is 11.7 Å². The molecule has 0 saturated heterocycles. The van der Waals surface area contributed by atoms with Gasteiger partial charge in [0.2, 0.25) is 0 Å². The molecule has 0 bridgehead atoms. The number of anilines is 1. The number of carbonyl (C=O) groups is 1. The average molecular weight is 411 g/mol. The molecule has 2 heterocycles. The second-order valence-electron chi connectivity index (χ2n) is 6.08. The molecule has 0 aliphatic heterocycles. The van der Waals surface area contributed by atoms with Crippen LogP contribution in [-0.2, 0) is 9.53 Å². The SMILES string of the molecule is COC(N)=C(C=NCC(F)(F)F)C(=O)Nc1cccc(-c2nncn2C(C)C)n1. The van der Waals surface area contributed by atoms with Crippen molar-refractivity contribution in [1.82, 2.24) is 19.7 Å². The number of amides is 1. The molecule has 2 rings (SSSR count). The van der Waals surface area contributed by atoms with Crippen molar-refractivity contribution in [3.8, 4) is 11.5 Å². The number of alkyl halides is 3. The summed E-state index contributed by atoms with van der Waals surface area (Å²) in [7, 11) is 1.18. The van der Waals surface area contributed by atoms with Crippen LogP contribution in [0.5, 0.6) is 0 Å². The fourth-order valence-electron chi connectivity index (χ4n) is 2.20. The third-order valence-corrected chi connectivity index (χ3v) is 3.57. The summed E-state index contributed by atoms with van der Waals surface area (Å²) in [6, 6.07) is 4.91. The van der Waals surface area contributed by atoms with Crippen LogP contribution < -0.4 is 11.1 Å². The third-order valence-electron chi connectivity index (χ3n) is 3.57. The van der Waals surface area contributed by atoms with Crippen molar-refractivity contribution in [1.29, 1.82) is 0 Å². The molecule has 12 heteroatoms. The van der Waals surface area contributed by atoms with Crippen LogP contribution in [0.15, 0.2) is 41.0 Å². The summed E-state index contributed by atoms with van der Waals surface area (Å²) in [5.41, 5.74) is 5.65. The number of aliphatic imine (C=N–C) groups is 1. The van der Waals surface area contributed by atoms with Crippen LogP contribution in [0.25, 0.3) is 11.5 Å². The van der Waals surface area contributed by atoms with E-state index in [2.05, 4.69) is 25.5 Å². The summed E-state index contributed by atoms with van der Waals surface area (Å²) < 4.78 is 43.4. The summed E-state index contributed by atoms with van der Waals surface area (Å²) in [6.45, 7) is 2.44. The first kappa shape index (κ1) is 21.9. The van der Waals surface area contributed by atoms with E-state index in [9.17, 15) is 18.0 Å². The molecule has 0 aromatic carbocycles. The molecule has 0 spiro atoms. The minimum Gasteiger partial charge on any atom is -0.482 e. The van der Waals surface area contributed by atoms with Gasteiger partial charge < -0.3 is 20.4 Å². The van der Waals surface area contributed by atoms with E-state index >= 15 is 0 Å². The van der Waals surface area contributed by atoms with Crippen molar-refractivity contribution in [2.45, 2.75) is 26.1 Å². The van der Waals surface area contributed by atoms with Gasteiger partial charge in [0, 0.05) is 12.3 Å². The van der Waals surface area contributed by atoms with Gasteiger partial charge in [0.05, 0.1) is 7.11 Å². The zero-order valence-electron chi connectivity index (χ0n) is 15.9. The van der Waals surface area contributed by atoms with Gasteiger partial charge in [-0.15, -0.1) is 10.2 Å². The van der Waals surface area contributed by atoms with E-state index in [0.717, 1.165) is 0 Å². The molecular formula is C17H20F3N7O2. The van der Waals surface area contributed by atoms with Gasteiger partial charge >= 0.3 is 6.18 Å². The first-order valence-corrected chi connectivity index (χ1v) is 8.41. The molecule has 29 heavy (non-hydrogen) atoms. The Labute approximate surface area is 164 Å². The number of hydrogen-bond acceptors (Lipinski definition) is 7. The van der Waals surface area contributed by atoms with Crippen molar-refractivity contribution in [2.24, 2.45) is 10.7 Å². The Morgan fingerprint density at radius 3 is 2.76 bits per heavy atom. The molecule has 9 nitrogen and oxygen atoms in total. The van der Waals surface area contributed by atoms with Gasteiger partial charge in [-0.2, -0.15) is 13.2 Å². The minimum atomic E-state index is -4.51. The Morgan fingerprint density at radius 1 is 1.41 bits per heavy atom. The van der Waals surface area contributed by atoms with Crippen molar-refractivity contribution in [2.75, 3.05) is 19.0 Å². The van der Waals surface area contributed by atoms with Crippen molar-refractivity contribution >= 4 is 17.9 Å². The predicted molar refractivity (Wildman–Crippen MR) is 99.9 cm³/mol. The van der Waals surface area contributed by atoms with E-state index in [4.69, 9.17) is 10.5 Å². The Kier molecular flexibility index (Phi) is 6.91. The Morgan fingerprint density at radius 2 is 2.14 bits per heavy atom. The number of halogens is 3. The smallest absolute Gasteiger partial charge is 0.407 e. The maximum absolute atomic E-state index is 12.5. The third kappa shape index (κ3) is 6.02. The van der Waals surface area contributed by atoms with E-state index in [0.29, 0.717) is 17.7 Å². The highest BCUT2D eigenvalue weighted by molar-refractivity contribution is 6.17. The lowest BCUT2D eigenvalue weighted by atomic mass is 10.2. The maximum atomic E-state index is 12.5. The second kappa shape index (κ2) is 9.17. The molecule has 0 unspecified atom stereocenters. The maximum Gasteiger partial charge on any atom is 0.407 e. The standard InChI is InChI=1S/C17H20F3N7O2/c1-10(2)27-9-23-26-15(27)12-5-4-6-13(24-12)25-16(28)11(14(21)29-3)7-22-8-17(18,19)20/h4-7,9-10H,8,21H2,1-3H3,(H,24,25,28). The van der Waals surface area contributed by atoms with E-state index in [1.807, 2.05) is 13.8 Å². The lowest BCUT2D eigenvalue weighted by Gasteiger charge is -2.11. The number of hydrogen-bond donors (Lipinski definition) is 2. The molecular weight excluding hydrogens is 391 g/mol. The second-order valence-corrected chi connectivity index (χ2v) is 6.08. The number of aromatic nitrogens is 4. The number of ether oxygens (including phenoxy) is 1. The predicted octanol–water partition coefficient (Wildman–Crippen LogP) is 2.31. The van der Waals surface area contributed by atoms with Crippen LogP contribution >= 0.6 is 0 Å². The zero-order valence-corrected chi connectivity index (χ0v) is 15.9. The van der Waals surface area contributed by atoms with Crippen LogP contribution in [0.3, 0.4) is 0 Å². The Balaban J connectivity index is 2.25. The van der Waals surface area contributed by atoms with Crippen molar-refractivity contribution in [3.63, 3.8) is 0 Å². The van der Waals surface area contributed by atoms with Gasteiger partial charge in [0.1, 0.15) is 30.0 Å². The average Bonchev–Trinajstić information content (AvgIpc) is 3.14. The molecule has 0 aliphatic carbocycles. The number of nitrogens with one attached hydrogen (secondary N) is 1. The topological polar surface area (TPSA) is 120 Å². The molecule has 0 radical (unpaired) electrons. The van der Waals surface area contributed by atoms with Gasteiger partial charge in [-0.05, 0) is 26.0 Å². The van der Waals surface area contributed by atoms with Crippen LogP contribution in [0.1, 0.15) is 19.9 Å². The van der Waals surface area contributed by atoms with Gasteiger partial charge in [-0.25, -0.2) is 4.98 Å². The van der Waals surface area contributed by atoms with E-state index < -0.39 is 18.6 Å². The number of nitrogens with two attached hydrogens (primary N) is 1. The number of methoxy groups -OCH3 is 1. The summed E-state index contributed by atoms with van der Waals surface area (Å²) >= 11 is 0. The highest BCUT2D eigenvalue weighted by Crippen LogP contribution is 2.20. The lowest BCUT2D eigenvalue weighted by molar-refractivity contribution is -0.118. The first-order chi connectivity index (χ1) is 13.6. The summed E-state index contributed by atoms with van der Waals surface area (Å²) in [5, 5.41) is 10.3. The van der Waals surface area contributed by atoms with Gasteiger partial charge in [-0.1, -0.05) is 6.07 Å². The summed E-state index contributed by atoms with van der Waals surface area (Å²) in [4.78, 5) is 20.0. The van der Waals surface area contributed by atoms with Gasteiger partial charge in [0.25, 0.3) is 5.91 Å². The highest BCUT2D eigenvalue weighted by Gasteiger charge is 2.26. The Bertz CT molecular complexity index is 920. The largest absolute Gasteiger partial charge is 0.482 e. The molecule has 0 atom stereocenters. The molecule has 0 aliphatic rings. The number of rotatable bonds is 7. The summed E-state index contributed by atoms with van der Waals surface area (Å²) in [5.74, 6) is -0.583. The molecule has 3 N–H and O–H groups in total. The number of nitrogens with zero attached hydrogens (tertiary/aromatic N) is 5.